The number of aromatic nitrogens is 2. The van der Waals surface area contributed by atoms with Crippen LogP contribution in [0.4, 0.5) is 0 Å². The molecule has 0 saturated heterocycles. The zero-order valence-electron chi connectivity index (χ0n) is 10.1. The highest BCUT2D eigenvalue weighted by Gasteiger charge is 2.04. The molecule has 2 aromatic rings. The van der Waals surface area contributed by atoms with Crippen molar-refractivity contribution < 1.29 is 4.79 Å². The lowest BCUT2D eigenvalue weighted by atomic mass is 10.1. The monoisotopic (exact) mass is 263 g/mol. The highest BCUT2D eigenvalue weighted by molar-refractivity contribution is 6.30. The van der Waals surface area contributed by atoms with E-state index in [9.17, 15) is 4.79 Å². The Kier molecular flexibility index (Phi) is 3.99. The lowest BCUT2D eigenvalue weighted by Crippen LogP contribution is -2.24. The summed E-state index contributed by atoms with van der Waals surface area (Å²) in [7, 11) is 1.85. The van der Waals surface area contributed by atoms with Gasteiger partial charge >= 0.3 is 0 Å². The molecule has 0 aliphatic heterocycles. The Morgan fingerprint density at radius 2 is 2.06 bits per heavy atom. The van der Waals surface area contributed by atoms with E-state index in [1.54, 1.807) is 23.0 Å². The molecule has 2 rings (SSSR count). The number of rotatable bonds is 4. The molecule has 5 heteroatoms. The number of carbonyl (C=O) groups excluding carboxylic acids is 1. The van der Waals surface area contributed by atoms with Crippen LogP contribution in [0.5, 0.6) is 0 Å². The summed E-state index contributed by atoms with van der Waals surface area (Å²) in [4.78, 5) is 11.7. The average Bonchev–Trinajstić information content (AvgIpc) is 2.76. The van der Waals surface area contributed by atoms with E-state index in [2.05, 4.69) is 10.4 Å². The summed E-state index contributed by atoms with van der Waals surface area (Å²) in [5.74, 6) is -0.0128. The van der Waals surface area contributed by atoms with Crippen LogP contribution in [-0.4, -0.2) is 15.7 Å². The van der Waals surface area contributed by atoms with E-state index in [0.717, 1.165) is 11.1 Å². The van der Waals surface area contributed by atoms with Gasteiger partial charge in [0.15, 0.2) is 0 Å². The molecule has 0 aliphatic carbocycles. The number of hydrogen-bond acceptors (Lipinski definition) is 2. The van der Waals surface area contributed by atoms with Gasteiger partial charge in [0.2, 0.25) is 5.91 Å². The van der Waals surface area contributed by atoms with Gasteiger partial charge in [0, 0.05) is 30.4 Å². The molecule has 0 atom stereocenters. The van der Waals surface area contributed by atoms with Crippen molar-refractivity contribution in [1.82, 2.24) is 15.1 Å². The van der Waals surface area contributed by atoms with Gasteiger partial charge in [-0.05, 0) is 17.7 Å². The molecule has 1 amide bonds. The second-order valence-electron chi connectivity index (χ2n) is 4.10. The fourth-order valence-electron chi connectivity index (χ4n) is 1.61. The average molecular weight is 264 g/mol. The molecule has 94 valence electrons. The third kappa shape index (κ3) is 3.60. The first-order valence-electron chi connectivity index (χ1n) is 5.62. The number of amides is 1. The molecule has 0 aliphatic rings. The van der Waals surface area contributed by atoms with Crippen LogP contribution in [0.2, 0.25) is 5.02 Å². The second kappa shape index (κ2) is 5.69. The molecule has 1 N–H and O–H groups in total. The maximum Gasteiger partial charge on any atom is 0.224 e. The Hall–Kier alpha value is -1.81. The summed E-state index contributed by atoms with van der Waals surface area (Å²) in [6, 6.07) is 7.27. The zero-order valence-corrected chi connectivity index (χ0v) is 10.8. The first-order valence-corrected chi connectivity index (χ1v) is 6.00. The van der Waals surface area contributed by atoms with Gasteiger partial charge in [-0.3, -0.25) is 9.48 Å². The maximum atomic E-state index is 11.7. The van der Waals surface area contributed by atoms with E-state index in [4.69, 9.17) is 11.6 Å². The molecule has 0 fully saturated rings. The lowest BCUT2D eigenvalue weighted by molar-refractivity contribution is -0.120. The number of carbonyl (C=O) groups is 1. The van der Waals surface area contributed by atoms with E-state index in [-0.39, 0.29) is 5.91 Å². The number of nitrogens with one attached hydrogen (secondary N) is 1. The first kappa shape index (κ1) is 12.6. The number of hydrogen-bond donors (Lipinski definition) is 1. The highest BCUT2D eigenvalue weighted by Crippen LogP contribution is 2.09. The minimum Gasteiger partial charge on any atom is -0.352 e. The van der Waals surface area contributed by atoms with Crippen molar-refractivity contribution in [2.24, 2.45) is 7.05 Å². The van der Waals surface area contributed by atoms with Crippen molar-refractivity contribution >= 4 is 17.5 Å². The molecule has 0 bridgehead atoms. The van der Waals surface area contributed by atoms with Gasteiger partial charge in [-0.25, -0.2) is 0 Å². The van der Waals surface area contributed by atoms with Crippen LogP contribution in [0.3, 0.4) is 0 Å². The topological polar surface area (TPSA) is 46.9 Å². The van der Waals surface area contributed by atoms with Crippen molar-refractivity contribution in [3.05, 3.63) is 52.8 Å². The van der Waals surface area contributed by atoms with Crippen LogP contribution in [0, 0.1) is 0 Å². The Labute approximate surface area is 111 Å². The predicted molar refractivity (Wildman–Crippen MR) is 70.2 cm³/mol. The summed E-state index contributed by atoms with van der Waals surface area (Å²) >= 11 is 5.78. The van der Waals surface area contributed by atoms with Crippen molar-refractivity contribution in [2.45, 2.75) is 13.0 Å². The molecule has 0 radical (unpaired) electrons. The normalized spacial score (nSPS) is 10.3. The fraction of sp³-hybridized carbons (Fsp3) is 0.231. The van der Waals surface area contributed by atoms with Gasteiger partial charge < -0.3 is 5.32 Å². The smallest absolute Gasteiger partial charge is 0.224 e. The number of benzene rings is 1. The van der Waals surface area contributed by atoms with Crippen molar-refractivity contribution in [1.29, 1.82) is 0 Å². The van der Waals surface area contributed by atoms with E-state index in [1.165, 1.54) is 0 Å². The summed E-state index contributed by atoms with van der Waals surface area (Å²) in [5, 5.41) is 7.56. The van der Waals surface area contributed by atoms with Crippen LogP contribution in [0.25, 0.3) is 0 Å². The number of nitrogens with zero attached hydrogens (tertiary/aromatic N) is 2. The molecular weight excluding hydrogens is 250 g/mol. The van der Waals surface area contributed by atoms with Crippen LogP contribution in [0.1, 0.15) is 11.1 Å². The zero-order chi connectivity index (χ0) is 13.0. The summed E-state index contributed by atoms with van der Waals surface area (Å²) in [6.07, 6.45) is 3.97. The quantitative estimate of drug-likeness (QED) is 0.916. The van der Waals surface area contributed by atoms with Crippen molar-refractivity contribution in [3.63, 3.8) is 0 Å². The lowest BCUT2D eigenvalue weighted by Gasteiger charge is -2.03. The van der Waals surface area contributed by atoms with Crippen molar-refractivity contribution in [2.75, 3.05) is 0 Å². The number of halogens is 1. The summed E-state index contributed by atoms with van der Waals surface area (Å²) in [6.45, 7) is 0.500. The molecule has 1 aromatic carbocycles. The van der Waals surface area contributed by atoms with E-state index in [1.807, 2.05) is 25.4 Å². The number of aryl methyl sites for hydroxylation is 1. The molecular formula is C13H14ClN3O. The van der Waals surface area contributed by atoms with Crippen molar-refractivity contribution in [3.8, 4) is 0 Å². The van der Waals surface area contributed by atoms with Gasteiger partial charge in [0.25, 0.3) is 0 Å². The minimum atomic E-state index is -0.0128. The molecule has 0 spiro atoms. The fourth-order valence-corrected chi connectivity index (χ4v) is 1.74. The molecule has 1 aromatic heterocycles. The third-order valence-corrected chi connectivity index (χ3v) is 2.78. The van der Waals surface area contributed by atoms with Gasteiger partial charge in [-0.1, -0.05) is 23.7 Å². The first-order chi connectivity index (χ1) is 8.63. The Morgan fingerprint density at radius 1 is 1.33 bits per heavy atom. The van der Waals surface area contributed by atoms with E-state index >= 15 is 0 Å². The van der Waals surface area contributed by atoms with Crippen LogP contribution in [-0.2, 0) is 24.8 Å². The van der Waals surface area contributed by atoms with Gasteiger partial charge in [-0.15, -0.1) is 0 Å². The minimum absolute atomic E-state index is 0.0128. The highest BCUT2D eigenvalue weighted by atomic mass is 35.5. The van der Waals surface area contributed by atoms with E-state index in [0.29, 0.717) is 18.0 Å². The van der Waals surface area contributed by atoms with Gasteiger partial charge in [-0.2, -0.15) is 5.10 Å². The standard InChI is InChI=1S/C13H14ClN3O/c1-17-9-11(8-16-17)7-15-13(18)6-10-2-4-12(14)5-3-10/h2-5,8-9H,6-7H2,1H3,(H,15,18). The van der Waals surface area contributed by atoms with Crippen LogP contribution < -0.4 is 5.32 Å². The second-order valence-corrected chi connectivity index (χ2v) is 4.54. The maximum absolute atomic E-state index is 11.7. The Morgan fingerprint density at radius 3 is 2.67 bits per heavy atom. The summed E-state index contributed by atoms with van der Waals surface area (Å²) in [5.41, 5.74) is 1.94. The van der Waals surface area contributed by atoms with E-state index < -0.39 is 0 Å². The van der Waals surface area contributed by atoms with Crippen LogP contribution >= 0.6 is 11.6 Å². The Bertz CT molecular complexity index is 533. The molecule has 18 heavy (non-hydrogen) atoms. The van der Waals surface area contributed by atoms with Gasteiger partial charge in [0.1, 0.15) is 0 Å². The molecule has 1 heterocycles. The SMILES string of the molecule is Cn1cc(CNC(=O)Cc2ccc(Cl)cc2)cn1. The summed E-state index contributed by atoms with van der Waals surface area (Å²) < 4.78 is 1.71. The molecule has 0 unspecified atom stereocenters. The molecule has 0 saturated carbocycles. The van der Waals surface area contributed by atoms with Crippen LogP contribution in [0.15, 0.2) is 36.7 Å². The predicted octanol–water partition coefficient (Wildman–Crippen LogP) is 1.93. The Balaban J connectivity index is 1.83. The largest absolute Gasteiger partial charge is 0.352 e. The third-order valence-electron chi connectivity index (χ3n) is 2.53. The molecule has 4 nitrogen and oxygen atoms in total. The van der Waals surface area contributed by atoms with Gasteiger partial charge in [0.05, 0.1) is 12.6 Å².